The summed E-state index contributed by atoms with van der Waals surface area (Å²) in [5.74, 6) is 3.14. The molecule has 2 heterocycles. The molecule has 0 spiro atoms. The van der Waals surface area contributed by atoms with Crippen molar-refractivity contribution in [3.63, 3.8) is 0 Å². The van der Waals surface area contributed by atoms with Crippen LogP contribution in [-0.2, 0) is 17.6 Å². The summed E-state index contributed by atoms with van der Waals surface area (Å²) in [6, 6.07) is 9.66. The molecule has 3 rings (SSSR count). The molecule has 142 valence electrons. The number of furan rings is 1. The third-order valence-corrected chi connectivity index (χ3v) is 4.17. The fourth-order valence-corrected chi connectivity index (χ4v) is 2.79. The van der Waals surface area contributed by atoms with Crippen molar-refractivity contribution >= 4 is 5.91 Å². The minimum Gasteiger partial charge on any atom is -0.497 e. The van der Waals surface area contributed by atoms with Gasteiger partial charge in [-0.1, -0.05) is 12.1 Å². The first kappa shape index (κ1) is 18.7. The summed E-state index contributed by atoms with van der Waals surface area (Å²) < 4.78 is 16.3. The van der Waals surface area contributed by atoms with Crippen LogP contribution in [0, 0.1) is 13.8 Å². The number of nitrogens with zero attached hydrogens (tertiary/aromatic N) is 2. The number of rotatable bonds is 8. The number of amides is 1. The zero-order valence-corrected chi connectivity index (χ0v) is 15.7. The Kier molecular flexibility index (Phi) is 5.90. The number of aromatic nitrogens is 2. The van der Waals surface area contributed by atoms with E-state index in [1.165, 1.54) is 0 Å². The van der Waals surface area contributed by atoms with Crippen LogP contribution in [0.15, 0.2) is 39.2 Å². The molecule has 0 aliphatic carbocycles. The number of carbonyl (C=O) groups excluding carboxylic acids is 1. The molecule has 0 bridgehead atoms. The Hall–Kier alpha value is -3.09. The Morgan fingerprint density at radius 2 is 2.00 bits per heavy atom. The maximum Gasteiger partial charge on any atom is 0.251 e. The predicted octanol–water partition coefficient (Wildman–Crippen LogP) is 3.25. The highest BCUT2D eigenvalue weighted by atomic mass is 16.5. The van der Waals surface area contributed by atoms with Gasteiger partial charge in [0, 0.05) is 19.4 Å². The van der Waals surface area contributed by atoms with Crippen molar-refractivity contribution in [3.8, 4) is 17.2 Å². The van der Waals surface area contributed by atoms with Crippen LogP contribution in [0.5, 0.6) is 5.75 Å². The monoisotopic (exact) mass is 369 g/mol. The quantitative estimate of drug-likeness (QED) is 0.655. The van der Waals surface area contributed by atoms with Crippen molar-refractivity contribution in [1.29, 1.82) is 0 Å². The topological polar surface area (TPSA) is 90.4 Å². The third kappa shape index (κ3) is 4.97. The van der Waals surface area contributed by atoms with Gasteiger partial charge >= 0.3 is 0 Å². The van der Waals surface area contributed by atoms with Crippen LogP contribution >= 0.6 is 0 Å². The van der Waals surface area contributed by atoms with Crippen molar-refractivity contribution < 1.29 is 18.4 Å². The lowest BCUT2D eigenvalue weighted by Crippen LogP contribution is -2.25. The minimum absolute atomic E-state index is 0.0482. The Labute approximate surface area is 157 Å². The number of methoxy groups -OCH3 is 1. The molecular weight excluding hydrogens is 346 g/mol. The number of ether oxygens (including phenoxy) is 1. The first-order chi connectivity index (χ1) is 13.0. The molecule has 0 saturated carbocycles. The predicted molar refractivity (Wildman–Crippen MR) is 99.5 cm³/mol. The largest absolute Gasteiger partial charge is 0.497 e. The molecule has 1 N–H and O–H groups in total. The molecule has 0 fully saturated rings. The van der Waals surface area contributed by atoms with E-state index in [-0.39, 0.29) is 5.91 Å². The number of hydrogen-bond acceptors (Lipinski definition) is 6. The van der Waals surface area contributed by atoms with E-state index >= 15 is 0 Å². The average molecular weight is 369 g/mol. The molecule has 7 nitrogen and oxygen atoms in total. The summed E-state index contributed by atoms with van der Waals surface area (Å²) >= 11 is 0. The van der Waals surface area contributed by atoms with Gasteiger partial charge in [-0.05, 0) is 44.0 Å². The Morgan fingerprint density at radius 3 is 2.74 bits per heavy atom. The van der Waals surface area contributed by atoms with Crippen LogP contribution in [0.25, 0.3) is 11.5 Å². The van der Waals surface area contributed by atoms with Crippen LogP contribution in [-0.4, -0.2) is 29.8 Å². The van der Waals surface area contributed by atoms with Gasteiger partial charge in [0.1, 0.15) is 17.3 Å². The Bertz CT molecular complexity index is 914. The van der Waals surface area contributed by atoms with Crippen molar-refractivity contribution in [2.24, 2.45) is 0 Å². The molecular formula is C20H23N3O4. The van der Waals surface area contributed by atoms with Crippen molar-refractivity contribution in [3.05, 3.63) is 53.3 Å². The number of hydrogen-bond donors (Lipinski definition) is 1. The third-order valence-electron chi connectivity index (χ3n) is 4.17. The summed E-state index contributed by atoms with van der Waals surface area (Å²) in [5.41, 5.74) is 1.90. The molecule has 7 heteroatoms. The van der Waals surface area contributed by atoms with E-state index < -0.39 is 0 Å². The molecule has 2 aromatic heterocycles. The second kappa shape index (κ2) is 8.53. The number of aryl methyl sites for hydroxylation is 3. The highest BCUT2D eigenvalue weighted by molar-refractivity contribution is 5.76. The van der Waals surface area contributed by atoms with Crippen molar-refractivity contribution in [1.82, 2.24) is 15.5 Å². The molecule has 1 amide bonds. The lowest BCUT2D eigenvalue weighted by Gasteiger charge is -2.06. The van der Waals surface area contributed by atoms with Gasteiger partial charge in [-0.15, -0.1) is 10.2 Å². The van der Waals surface area contributed by atoms with Gasteiger partial charge in [-0.2, -0.15) is 0 Å². The molecule has 0 aliphatic heterocycles. The van der Waals surface area contributed by atoms with Gasteiger partial charge in [-0.3, -0.25) is 4.79 Å². The van der Waals surface area contributed by atoms with E-state index in [1.54, 1.807) is 7.11 Å². The number of benzene rings is 1. The van der Waals surface area contributed by atoms with Crippen LogP contribution in [0.1, 0.15) is 29.4 Å². The van der Waals surface area contributed by atoms with Crippen molar-refractivity contribution in [2.45, 2.75) is 33.1 Å². The van der Waals surface area contributed by atoms with E-state index in [0.717, 1.165) is 34.8 Å². The van der Waals surface area contributed by atoms with Gasteiger partial charge in [-0.25, -0.2) is 0 Å². The van der Waals surface area contributed by atoms with Gasteiger partial charge in [0.2, 0.25) is 11.8 Å². The second-order valence-corrected chi connectivity index (χ2v) is 6.28. The highest BCUT2D eigenvalue weighted by Gasteiger charge is 2.15. The van der Waals surface area contributed by atoms with Gasteiger partial charge in [0.15, 0.2) is 0 Å². The molecule has 0 unspecified atom stereocenters. The number of carbonyl (C=O) groups is 1. The first-order valence-electron chi connectivity index (χ1n) is 8.84. The molecule has 0 radical (unpaired) electrons. The lowest BCUT2D eigenvalue weighted by molar-refractivity contribution is -0.121. The van der Waals surface area contributed by atoms with Crippen LogP contribution < -0.4 is 10.1 Å². The van der Waals surface area contributed by atoms with E-state index in [9.17, 15) is 4.79 Å². The van der Waals surface area contributed by atoms with Gasteiger partial charge in [0.25, 0.3) is 5.89 Å². The smallest absolute Gasteiger partial charge is 0.251 e. The maximum absolute atomic E-state index is 12.0. The first-order valence-corrected chi connectivity index (χ1v) is 8.84. The number of nitrogens with one attached hydrogen (secondary N) is 1. The van der Waals surface area contributed by atoms with Crippen molar-refractivity contribution in [2.75, 3.05) is 13.7 Å². The summed E-state index contributed by atoms with van der Waals surface area (Å²) in [6.45, 7) is 4.28. The normalized spacial score (nSPS) is 10.8. The molecule has 1 aromatic carbocycles. The Balaban J connectivity index is 1.45. The van der Waals surface area contributed by atoms with Crippen LogP contribution in [0.2, 0.25) is 0 Å². The second-order valence-electron chi connectivity index (χ2n) is 6.28. The van der Waals surface area contributed by atoms with E-state index in [2.05, 4.69) is 15.5 Å². The van der Waals surface area contributed by atoms with E-state index in [4.69, 9.17) is 13.6 Å². The van der Waals surface area contributed by atoms with Gasteiger partial charge in [0.05, 0.1) is 12.7 Å². The Morgan fingerprint density at radius 1 is 1.15 bits per heavy atom. The standard InChI is InChI=1S/C20H23N3O4/c1-13-11-17(14(2)26-13)20-23-22-19(27-20)8-7-18(24)21-10-9-15-5-4-6-16(12-15)25-3/h4-6,11-12H,7-10H2,1-3H3,(H,21,24). The van der Waals surface area contributed by atoms with Crippen LogP contribution in [0.4, 0.5) is 0 Å². The average Bonchev–Trinajstić information content (AvgIpc) is 3.26. The zero-order chi connectivity index (χ0) is 19.2. The molecule has 0 saturated heterocycles. The summed E-state index contributed by atoms with van der Waals surface area (Å²) in [6.07, 6.45) is 1.43. The summed E-state index contributed by atoms with van der Waals surface area (Å²) in [4.78, 5) is 12.0. The highest BCUT2D eigenvalue weighted by Crippen LogP contribution is 2.25. The molecule has 27 heavy (non-hydrogen) atoms. The minimum atomic E-state index is -0.0482. The summed E-state index contributed by atoms with van der Waals surface area (Å²) in [7, 11) is 1.64. The molecule has 0 aliphatic rings. The van der Waals surface area contributed by atoms with Gasteiger partial charge < -0.3 is 18.9 Å². The fourth-order valence-electron chi connectivity index (χ4n) is 2.79. The fraction of sp³-hybridized carbons (Fsp3) is 0.350. The molecule has 0 atom stereocenters. The lowest BCUT2D eigenvalue weighted by atomic mass is 10.1. The van der Waals surface area contributed by atoms with Crippen LogP contribution in [0.3, 0.4) is 0 Å². The maximum atomic E-state index is 12.0. The SMILES string of the molecule is COc1cccc(CCNC(=O)CCc2nnc(-c3cc(C)oc3C)o2)c1. The van der Waals surface area contributed by atoms with E-state index in [0.29, 0.717) is 31.2 Å². The van der Waals surface area contributed by atoms with E-state index in [1.807, 2.05) is 44.2 Å². The summed E-state index contributed by atoms with van der Waals surface area (Å²) in [5, 5.41) is 11.0. The molecule has 3 aromatic rings. The zero-order valence-electron chi connectivity index (χ0n) is 15.7.